The SMILES string of the molecule is CC.Cc1cc(C2CN(C(=O)c3csc4ccccc34)CCO2)n2ncnc2n1. The van der Waals surface area contributed by atoms with Crippen LogP contribution in [0, 0.1) is 6.92 Å². The number of amides is 1. The number of benzene rings is 1. The molecule has 29 heavy (non-hydrogen) atoms. The molecule has 1 aliphatic rings. The number of aryl methyl sites for hydroxylation is 1. The topological polar surface area (TPSA) is 72.6 Å². The van der Waals surface area contributed by atoms with E-state index in [1.165, 1.54) is 6.33 Å². The van der Waals surface area contributed by atoms with Crippen molar-refractivity contribution in [3.8, 4) is 0 Å². The molecule has 1 aromatic carbocycles. The van der Waals surface area contributed by atoms with Crippen LogP contribution < -0.4 is 0 Å². The quantitative estimate of drug-likeness (QED) is 0.502. The predicted octanol–water partition coefficient (Wildman–Crippen LogP) is 3.89. The van der Waals surface area contributed by atoms with Crippen molar-refractivity contribution >= 4 is 33.1 Å². The number of aromatic nitrogens is 4. The van der Waals surface area contributed by atoms with E-state index in [-0.39, 0.29) is 12.0 Å². The third-order valence-electron chi connectivity index (χ3n) is 4.80. The molecule has 1 unspecified atom stereocenters. The van der Waals surface area contributed by atoms with Crippen molar-refractivity contribution < 1.29 is 9.53 Å². The van der Waals surface area contributed by atoms with Gasteiger partial charge in [0.05, 0.1) is 24.4 Å². The second-order valence-corrected chi connectivity index (χ2v) is 7.46. The third kappa shape index (κ3) is 3.61. The minimum absolute atomic E-state index is 0.0429. The molecule has 1 atom stereocenters. The summed E-state index contributed by atoms with van der Waals surface area (Å²) in [6.45, 7) is 7.45. The minimum Gasteiger partial charge on any atom is -0.368 e. The van der Waals surface area contributed by atoms with Crippen LogP contribution in [0.25, 0.3) is 15.9 Å². The lowest BCUT2D eigenvalue weighted by atomic mass is 10.1. The molecule has 150 valence electrons. The molecule has 1 fully saturated rings. The summed E-state index contributed by atoms with van der Waals surface area (Å²) in [5.41, 5.74) is 2.47. The Bertz CT molecular complexity index is 1150. The maximum Gasteiger partial charge on any atom is 0.255 e. The van der Waals surface area contributed by atoms with Gasteiger partial charge in [0.1, 0.15) is 12.4 Å². The van der Waals surface area contributed by atoms with E-state index in [9.17, 15) is 4.79 Å². The van der Waals surface area contributed by atoms with Gasteiger partial charge in [0, 0.05) is 27.7 Å². The molecular weight excluding hydrogens is 386 g/mol. The maximum absolute atomic E-state index is 13.2. The van der Waals surface area contributed by atoms with Crippen molar-refractivity contribution in [3.05, 3.63) is 59.0 Å². The van der Waals surface area contributed by atoms with Crippen LogP contribution in [0.4, 0.5) is 0 Å². The highest BCUT2D eigenvalue weighted by Gasteiger charge is 2.29. The molecule has 7 nitrogen and oxygen atoms in total. The zero-order chi connectivity index (χ0) is 20.4. The number of fused-ring (bicyclic) bond motifs is 2. The number of hydrogen-bond donors (Lipinski definition) is 0. The molecule has 0 N–H and O–H groups in total. The van der Waals surface area contributed by atoms with Gasteiger partial charge in [0.25, 0.3) is 11.7 Å². The minimum atomic E-state index is -0.265. The molecule has 0 saturated carbocycles. The first-order valence-electron chi connectivity index (χ1n) is 9.75. The van der Waals surface area contributed by atoms with E-state index in [2.05, 4.69) is 15.1 Å². The lowest BCUT2D eigenvalue weighted by Gasteiger charge is -2.33. The van der Waals surface area contributed by atoms with Gasteiger partial charge < -0.3 is 9.64 Å². The van der Waals surface area contributed by atoms with E-state index in [1.54, 1.807) is 15.9 Å². The Hall–Kier alpha value is -2.84. The van der Waals surface area contributed by atoms with Gasteiger partial charge in [0.2, 0.25) is 0 Å². The summed E-state index contributed by atoms with van der Waals surface area (Å²) in [4.78, 5) is 23.6. The average Bonchev–Trinajstić information content (AvgIpc) is 3.41. The fraction of sp³-hybridized carbons (Fsp3) is 0.333. The summed E-state index contributed by atoms with van der Waals surface area (Å²) in [6, 6.07) is 9.95. The predicted molar refractivity (Wildman–Crippen MR) is 113 cm³/mol. The molecule has 1 saturated heterocycles. The molecule has 5 rings (SSSR count). The largest absolute Gasteiger partial charge is 0.368 e. The van der Waals surface area contributed by atoms with Crippen LogP contribution in [0.15, 0.2) is 42.0 Å². The normalized spacial score (nSPS) is 16.7. The monoisotopic (exact) mass is 409 g/mol. The Kier molecular flexibility index (Phi) is 5.55. The Morgan fingerprint density at radius 1 is 1.28 bits per heavy atom. The van der Waals surface area contributed by atoms with Gasteiger partial charge in [-0.25, -0.2) is 4.98 Å². The summed E-state index contributed by atoms with van der Waals surface area (Å²) >= 11 is 1.60. The first kappa shape index (κ1) is 19.5. The van der Waals surface area contributed by atoms with Gasteiger partial charge in [0.15, 0.2) is 0 Å². The summed E-state index contributed by atoms with van der Waals surface area (Å²) in [6.07, 6.45) is 1.22. The zero-order valence-electron chi connectivity index (χ0n) is 16.7. The van der Waals surface area contributed by atoms with E-state index < -0.39 is 0 Å². The number of thiophene rings is 1. The smallest absolute Gasteiger partial charge is 0.255 e. The van der Waals surface area contributed by atoms with Crippen LogP contribution in [-0.4, -0.2) is 50.1 Å². The highest BCUT2D eigenvalue weighted by molar-refractivity contribution is 7.17. The highest BCUT2D eigenvalue weighted by Crippen LogP contribution is 2.29. The average molecular weight is 410 g/mol. The third-order valence-corrected chi connectivity index (χ3v) is 5.77. The van der Waals surface area contributed by atoms with E-state index in [0.29, 0.717) is 25.5 Å². The van der Waals surface area contributed by atoms with Crippen molar-refractivity contribution in [2.45, 2.75) is 26.9 Å². The van der Waals surface area contributed by atoms with Crippen molar-refractivity contribution in [2.24, 2.45) is 0 Å². The van der Waals surface area contributed by atoms with Crippen LogP contribution in [0.2, 0.25) is 0 Å². The second-order valence-electron chi connectivity index (χ2n) is 6.55. The number of rotatable bonds is 2. The number of hydrogen-bond acceptors (Lipinski definition) is 6. The van der Waals surface area contributed by atoms with Crippen LogP contribution in [0.3, 0.4) is 0 Å². The highest BCUT2D eigenvalue weighted by atomic mass is 32.1. The van der Waals surface area contributed by atoms with Crippen molar-refractivity contribution in [1.29, 1.82) is 0 Å². The van der Waals surface area contributed by atoms with Crippen molar-refractivity contribution in [1.82, 2.24) is 24.5 Å². The second kappa shape index (κ2) is 8.26. The fourth-order valence-corrected chi connectivity index (χ4v) is 4.45. The number of carbonyl (C=O) groups excluding carboxylic acids is 1. The molecule has 0 bridgehead atoms. The first-order valence-corrected chi connectivity index (χ1v) is 10.6. The van der Waals surface area contributed by atoms with Crippen LogP contribution in [0.1, 0.15) is 41.7 Å². The van der Waals surface area contributed by atoms with Crippen LogP contribution >= 0.6 is 11.3 Å². The molecular formula is C21H23N5O2S. The van der Waals surface area contributed by atoms with Gasteiger partial charge in [-0.3, -0.25) is 4.79 Å². The fourth-order valence-electron chi connectivity index (χ4n) is 3.51. The van der Waals surface area contributed by atoms with E-state index in [4.69, 9.17) is 4.74 Å². The summed E-state index contributed by atoms with van der Waals surface area (Å²) in [5, 5.41) is 7.21. The summed E-state index contributed by atoms with van der Waals surface area (Å²) in [7, 11) is 0. The Morgan fingerprint density at radius 3 is 2.97 bits per heavy atom. The lowest BCUT2D eigenvalue weighted by molar-refractivity contribution is -0.0256. The van der Waals surface area contributed by atoms with Crippen LogP contribution in [-0.2, 0) is 4.74 Å². The van der Waals surface area contributed by atoms with Gasteiger partial charge in [-0.05, 0) is 19.1 Å². The number of carbonyl (C=O) groups is 1. The molecule has 1 amide bonds. The summed E-state index contributed by atoms with van der Waals surface area (Å²) in [5.74, 6) is 0.585. The van der Waals surface area contributed by atoms with Gasteiger partial charge in [-0.15, -0.1) is 11.3 Å². The maximum atomic E-state index is 13.2. The Balaban J connectivity index is 0.000000994. The first-order chi connectivity index (χ1) is 14.2. The van der Waals surface area contributed by atoms with Crippen molar-refractivity contribution in [3.63, 3.8) is 0 Å². The number of nitrogens with zero attached hydrogens (tertiary/aromatic N) is 5. The number of morpholine rings is 1. The zero-order valence-corrected chi connectivity index (χ0v) is 17.5. The van der Waals surface area contributed by atoms with Crippen LogP contribution in [0.5, 0.6) is 0 Å². The Labute approximate surface area is 173 Å². The van der Waals surface area contributed by atoms with Gasteiger partial charge in [-0.2, -0.15) is 14.6 Å². The molecule has 0 radical (unpaired) electrons. The lowest BCUT2D eigenvalue weighted by Crippen LogP contribution is -2.42. The molecule has 4 aromatic rings. The van der Waals surface area contributed by atoms with Gasteiger partial charge in [-0.1, -0.05) is 32.0 Å². The number of ether oxygens (including phenoxy) is 1. The summed E-state index contributed by atoms with van der Waals surface area (Å²) < 4.78 is 8.78. The van der Waals surface area contributed by atoms with E-state index in [0.717, 1.165) is 27.0 Å². The van der Waals surface area contributed by atoms with Crippen molar-refractivity contribution in [2.75, 3.05) is 19.7 Å². The molecule has 3 aromatic heterocycles. The standard InChI is InChI=1S/C19H17N5O2S.C2H6/c1-12-8-15(24-19(22-12)20-11-21-24)16-9-23(6-7-26-16)18(25)14-10-27-17-5-3-2-4-13(14)17;1-2/h2-5,8,10-11,16H,6-7,9H2,1H3;1-2H3. The van der Waals surface area contributed by atoms with E-state index in [1.807, 2.05) is 61.4 Å². The molecule has 0 aliphatic carbocycles. The van der Waals surface area contributed by atoms with E-state index >= 15 is 0 Å². The Morgan fingerprint density at radius 2 is 2.10 bits per heavy atom. The molecule has 8 heteroatoms. The molecule has 1 aliphatic heterocycles. The molecule has 0 spiro atoms. The van der Waals surface area contributed by atoms with Gasteiger partial charge >= 0.3 is 0 Å². The molecule has 4 heterocycles.